The van der Waals surface area contributed by atoms with Crippen molar-refractivity contribution in [1.29, 1.82) is 0 Å². The third kappa shape index (κ3) is 17.7. The van der Waals surface area contributed by atoms with Gasteiger partial charge in [0, 0.05) is 147 Å². The Morgan fingerprint density at radius 2 is 0.400 bits per heavy atom. The van der Waals surface area contributed by atoms with Crippen LogP contribution in [0.3, 0.4) is 0 Å². The summed E-state index contributed by atoms with van der Waals surface area (Å²) in [6.45, 7) is 0. The monoisotopic (exact) mass is 478 g/mol. The van der Waals surface area contributed by atoms with Gasteiger partial charge < -0.3 is 0 Å². The summed E-state index contributed by atoms with van der Waals surface area (Å²) in [5, 5.41) is 0. The summed E-state index contributed by atoms with van der Waals surface area (Å²) >= 11 is 0. The van der Waals surface area contributed by atoms with Crippen LogP contribution in [0, 0.1) is 0 Å². The van der Waals surface area contributed by atoms with Crippen LogP contribution >= 0.6 is 19.8 Å². The maximum atomic E-state index is 0. The van der Waals surface area contributed by atoms with E-state index in [1.807, 2.05) is 0 Å². The molecule has 5 heavy (non-hydrogen) atoms. The fourth-order valence-electron chi connectivity index (χ4n) is 0. The third-order valence-electron chi connectivity index (χ3n) is 0. The molecule has 0 saturated carbocycles. The molecule has 0 fully saturated rings. The molecule has 0 amide bonds. The van der Waals surface area contributed by atoms with Gasteiger partial charge in [0.2, 0.25) is 0 Å². The van der Waals surface area contributed by atoms with Crippen LogP contribution < -0.4 is 0 Å². The molecule has 0 aromatic carbocycles. The predicted molar refractivity (Wildman–Crippen MR) is 33.9 cm³/mol. The zero-order valence-electron chi connectivity index (χ0n) is 3.12. The number of rotatable bonds is 0. The van der Waals surface area contributed by atoms with Gasteiger partial charge in [-0.1, -0.05) is 19.8 Å². The van der Waals surface area contributed by atoms with Crippen LogP contribution in [0.4, 0.5) is 0 Å². The molecular weight excluding hydrogens is 474 g/mol. The minimum atomic E-state index is 0. The molecule has 0 saturated heterocycles. The van der Waals surface area contributed by atoms with E-state index in [0.29, 0.717) is 0 Å². The van der Waals surface area contributed by atoms with Crippen LogP contribution in [0.15, 0.2) is 0 Å². The van der Waals surface area contributed by atoms with E-state index in [2.05, 4.69) is 0 Å². The maximum absolute atomic E-state index is 0. The van der Waals surface area contributed by atoms with Crippen LogP contribution in [-0.4, -0.2) is 147 Å². The first-order valence-electron chi connectivity index (χ1n) is 0. The molecule has 0 heterocycles. The first kappa shape index (κ1) is 31.2. The van der Waals surface area contributed by atoms with E-state index >= 15 is 0 Å². The second kappa shape index (κ2) is 22.7. The van der Waals surface area contributed by atoms with E-state index in [-0.39, 0.29) is 166 Å². The van der Waals surface area contributed by atoms with Crippen molar-refractivity contribution in [3.05, 3.63) is 0 Å². The van der Waals surface area contributed by atoms with Crippen molar-refractivity contribution in [3.63, 3.8) is 0 Å². The topological polar surface area (TPSA) is 0 Å². The van der Waals surface area contributed by atoms with E-state index in [1.54, 1.807) is 0 Å². The largest absolute Gasteiger partial charge is 0.0677 e. The zero-order chi connectivity index (χ0) is 0. The summed E-state index contributed by atoms with van der Waals surface area (Å²) in [5.74, 6) is 0. The molecule has 0 aliphatic heterocycles. The third-order valence-corrected chi connectivity index (χ3v) is 0. The van der Waals surface area contributed by atoms with Gasteiger partial charge in [-0.25, -0.2) is 0 Å². The molecule has 0 N–H and O–H groups in total. The molecule has 0 aromatic rings. The summed E-state index contributed by atoms with van der Waals surface area (Å²) in [6.07, 6.45) is 0. The Morgan fingerprint density at radius 3 is 0.400 bits per heavy atom. The average molecular weight is 476 g/mol. The Balaban J connectivity index is 0. The summed E-state index contributed by atoms with van der Waals surface area (Å²) in [4.78, 5) is 0. The van der Waals surface area contributed by atoms with Crippen molar-refractivity contribution < 1.29 is 0 Å². The molecule has 0 atom stereocenters. The van der Waals surface area contributed by atoms with Gasteiger partial charge in [-0.15, -0.1) is 0 Å². The average Bonchev–Trinajstić information content (AvgIpc) is 0. The molecule has 0 spiro atoms. The van der Waals surface area contributed by atoms with Gasteiger partial charge in [0.1, 0.15) is 0 Å². The van der Waals surface area contributed by atoms with E-state index in [9.17, 15) is 0 Å². The van der Waals surface area contributed by atoms with Gasteiger partial charge in [0.15, 0.2) is 0 Å². The zero-order valence-corrected chi connectivity index (χ0v) is 18.4. The van der Waals surface area contributed by atoms with Crippen LogP contribution in [0.1, 0.15) is 0 Å². The van der Waals surface area contributed by atoms with Gasteiger partial charge in [0.25, 0.3) is 0 Å². The minimum absolute atomic E-state index is 0. The number of hydrogen-bond acceptors (Lipinski definition) is 0. The van der Waals surface area contributed by atoms with Crippen molar-refractivity contribution >= 4 is 166 Å². The fraction of sp³-hybridized carbons (Fsp3) is 0. The molecule has 18 valence electrons. The van der Waals surface area contributed by atoms with Crippen molar-refractivity contribution in [1.82, 2.24) is 0 Å². The quantitative estimate of drug-likeness (QED) is 0.343. The number of hydrogen-bond donors (Lipinski definition) is 0. The van der Waals surface area contributed by atoms with Gasteiger partial charge in [0.05, 0.1) is 0 Å². The summed E-state index contributed by atoms with van der Waals surface area (Å²) in [7, 11) is 0. The SMILES string of the molecule is [Ba].[Ba].[Ba].[PH].[PH]. The molecule has 0 unspecified atom stereocenters. The van der Waals surface area contributed by atoms with E-state index in [0.717, 1.165) is 0 Å². The smallest absolute Gasteiger partial charge is 0 e. The van der Waals surface area contributed by atoms with Gasteiger partial charge in [-0.3, -0.25) is 0 Å². The van der Waals surface area contributed by atoms with Crippen molar-refractivity contribution in [2.75, 3.05) is 0 Å². The van der Waals surface area contributed by atoms with Crippen LogP contribution in [-0.2, 0) is 0 Å². The summed E-state index contributed by atoms with van der Waals surface area (Å²) in [6, 6.07) is 0. The van der Waals surface area contributed by atoms with Crippen molar-refractivity contribution in [2.45, 2.75) is 0 Å². The van der Waals surface area contributed by atoms with E-state index < -0.39 is 0 Å². The van der Waals surface area contributed by atoms with Crippen LogP contribution in [0.2, 0.25) is 0 Å². The second-order valence-corrected chi connectivity index (χ2v) is 0. The maximum Gasteiger partial charge on any atom is 0 e. The Morgan fingerprint density at radius 1 is 0.400 bits per heavy atom. The molecule has 0 aliphatic rings. The molecule has 0 nitrogen and oxygen atoms in total. The molecule has 0 rings (SSSR count). The first-order valence-corrected chi connectivity index (χ1v) is 0. The van der Waals surface area contributed by atoms with Gasteiger partial charge >= 0.3 is 0 Å². The molecular formula is H2Ba3P2. The molecule has 0 aromatic heterocycles. The standard InChI is InChI=1S/3Ba.2HP/h;;;2*1H. The second-order valence-electron chi connectivity index (χ2n) is 0. The Bertz CT molecular complexity index is 4.85. The van der Waals surface area contributed by atoms with Gasteiger partial charge in [-0.05, 0) is 0 Å². The molecule has 10 radical (unpaired) electrons. The Kier molecular flexibility index (Phi) is 141. The Hall–Kier alpha value is 5.57. The van der Waals surface area contributed by atoms with E-state index in [4.69, 9.17) is 0 Å². The molecule has 0 bridgehead atoms. The summed E-state index contributed by atoms with van der Waals surface area (Å²) < 4.78 is 0. The fourth-order valence-corrected chi connectivity index (χ4v) is 0. The summed E-state index contributed by atoms with van der Waals surface area (Å²) in [5.41, 5.74) is 0. The Labute approximate surface area is 161 Å². The van der Waals surface area contributed by atoms with Crippen LogP contribution in [0.25, 0.3) is 0 Å². The normalized spacial score (nSPS) is 0. The molecule has 0 aliphatic carbocycles. The van der Waals surface area contributed by atoms with Crippen molar-refractivity contribution in [3.8, 4) is 0 Å². The van der Waals surface area contributed by atoms with Crippen molar-refractivity contribution in [2.24, 2.45) is 0 Å². The van der Waals surface area contributed by atoms with Gasteiger partial charge in [-0.2, -0.15) is 0 Å². The predicted octanol–water partition coefficient (Wildman–Crippen LogP) is 0.0446. The molecule has 5 heteroatoms. The van der Waals surface area contributed by atoms with E-state index in [1.165, 1.54) is 0 Å². The minimum Gasteiger partial charge on any atom is -0.0677 e. The first-order chi connectivity index (χ1) is 0. The van der Waals surface area contributed by atoms with Crippen LogP contribution in [0.5, 0.6) is 0 Å².